The smallest absolute Gasteiger partial charge is 0.335 e. The van der Waals surface area contributed by atoms with Crippen LogP contribution in [0.4, 0.5) is 10.5 Å². The second-order valence-electron chi connectivity index (χ2n) is 8.86. The summed E-state index contributed by atoms with van der Waals surface area (Å²) in [6.45, 7) is 4.00. The van der Waals surface area contributed by atoms with Crippen LogP contribution in [0.15, 0.2) is 84.4 Å². The third kappa shape index (κ3) is 4.84. The SMILES string of the molecule is Cc1ccc(N2C(=O)NC(=O)/C(=C\c3c(OCc4ccc(Cl)cc4)ccc4ccccc34)C2=O)c(C)c1. The number of anilines is 1. The lowest BCUT2D eigenvalue weighted by Gasteiger charge is -2.28. The molecule has 4 amide bonds. The number of benzene rings is 4. The first-order chi connectivity index (χ1) is 17.8. The fourth-order valence-corrected chi connectivity index (χ4v) is 4.49. The standard InChI is InChI=1S/C30H23ClN2O4/c1-18-7-13-26(19(2)15-18)33-29(35)25(28(34)32-30(33)36)16-24-23-6-4-3-5-21(23)10-14-27(24)37-17-20-8-11-22(31)12-9-20/h3-16H,17H2,1-2H3,(H,32,34,36)/b25-16+. The molecule has 0 saturated carbocycles. The Hall–Kier alpha value is -4.42. The monoisotopic (exact) mass is 510 g/mol. The molecule has 0 atom stereocenters. The Morgan fingerprint density at radius 1 is 0.919 bits per heavy atom. The van der Waals surface area contributed by atoms with E-state index in [0.717, 1.165) is 32.4 Å². The van der Waals surface area contributed by atoms with Gasteiger partial charge in [0, 0.05) is 10.6 Å². The van der Waals surface area contributed by atoms with Gasteiger partial charge in [0.25, 0.3) is 11.8 Å². The van der Waals surface area contributed by atoms with Gasteiger partial charge in [-0.25, -0.2) is 9.69 Å². The number of fused-ring (bicyclic) bond motifs is 1. The number of nitrogens with zero attached hydrogens (tertiary/aromatic N) is 1. The number of hydrogen-bond donors (Lipinski definition) is 1. The average molecular weight is 511 g/mol. The van der Waals surface area contributed by atoms with E-state index in [-0.39, 0.29) is 12.2 Å². The van der Waals surface area contributed by atoms with Crippen LogP contribution in [-0.4, -0.2) is 17.8 Å². The number of imide groups is 2. The summed E-state index contributed by atoms with van der Waals surface area (Å²) < 4.78 is 6.14. The van der Waals surface area contributed by atoms with Crippen molar-refractivity contribution >= 4 is 52.0 Å². The van der Waals surface area contributed by atoms with Gasteiger partial charge in [0.2, 0.25) is 0 Å². The molecule has 4 aromatic rings. The molecule has 7 heteroatoms. The van der Waals surface area contributed by atoms with Crippen LogP contribution < -0.4 is 15.0 Å². The van der Waals surface area contributed by atoms with Crippen molar-refractivity contribution in [2.45, 2.75) is 20.5 Å². The van der Waals surface area contributed by atoms with Gasteiger partial charge in [0.15, 0.2) is 0 Å². The largest absolute Gasteiger partial charge is 0.488 e. The van der Waals surface area contributed by atoms with Gasteiger partial charge >= 0.3 is 6.03 Å². The van der Waals surface area contributed by atoms with Gasteiger partial charge in [-0.15, -0.1) is 0 Å². The second-order valence-corrected chi connectivity index (χ2v) is 9.30. The Bertz CT molecular complexity index is 1590. The number of nitrogens with one attached hydrogen (secondary N) is 1. The highest BCUT2D eigenvalue weighted by atomic mass is 35.5. The van der Waals surface area contributed by atoms with Crippen LogP contribution in [-0.2, 0) is 16.2 Å². The third-order valence-corrected chi connectivity index (χ3v) is 6.47. The van der Waals surface area contributed by atoms with Gasteiger partial charge in [-0.2, -0.15) is 0 Å². The fourth-order valence-electron chi connectivity index (χ4n) is 4.37. The lowest BCUT2D eigenvalue weighted by Crippen LogP contribution is -2.54. The molecule has 0 spiro atoms. The number of carbonyl (C=O) groups excluding carboxylic acids is 3. The van der Waals surface area contributed by atoms with E-state index in [2.05, 4.69) is 5.32 Å². The number of barbiturate groups is 1. The predicted molar refractivity (Wildman–Crippen MR) is 145 cm³/mol. The Labute approximate surface area is 219 Å². The van der Waals surface area contributed by atoms with Crippen LogP contribution in [0.25, 0.3) is 16.8 Å². The van der Waals surface area contributed by atoms with Crippen molar-refractivity contribution in [1.29, 1.82) is 0 Å². The summed E-state index contributed by atoms with van der Waals surface area (Å²) in [4.78, 5) is 40.2. The minimum atomic E-state index is -0.781. The van der Waals surface area contributed by atoms with E-state index < -0.39 is 17.8 Å². The number of hydrogen-bond acceptors (Lipinski definition) is 4. The lowest BCUT2D eigenvalue weighted by atomic mass is 9.99. The predicted octanol–water partition coefficient (Wildman–Crippen LogP) is 6.36. The molecule has 0 unspecified atom stereocenters. The van der Waals surface area contributed by atoms with E-state index in [1.807, 2.05) is 74.5 Å². The van der Waals surface area contributed by atoms with Gasteiger partial charge in [0.05, 0.1) is 5.69 Å². The first-order valence-electron chi connectivity index (χ1n) is 11.7. The molecule has 0 bridgehead atoms. The van der Waals surface area contributed by atoms with Crippen molar-refractivity contribution in [2.75, 3.05) is 4.90 Å². The number of urea groups is 1. The summed E-state index contributed by atoms with van der Waals surface area (Å²) in [5, 5.41) is 4.66. The van der Waals surface area contributed by atoms with Crippen molar-refractivity contribution in [3.05, 3.63) is 112 Å². The number of carbonyl (C=O) groups is 3. The highest BCUT2D eigenvalue weighted by molar-refractivity contribution is 6.39. The molecule has 1 aliphatic rings. The van der Waals surface area contributed by atoms with E-state index in [1.54, 1.807) is 18.2 Å². The van der Waals surface area contributed by atoms with E-state index in [4.69, 9.17) is 16.3 Å². The van der Waals surface area contributed by atoms with Crippen LogP contribution in [0.3, 0.4) is 0 Å². The highest BCUT2D eigenvalue weighted by Crippen LogP contribution is 2.33. The molecule has 6 nitrogen and oxygen atoms in total. The molecule has 1 N–H and O–H groups in total. The minimum absolute atomic E-state index is 0.160. The molecule has 1 heterocycles. The van der Waals surface area contributed by atoms with E-state index >= 15 is 0 Å². The number of rotatable bonds is 5. The van der Waals surface area contributed by atoms with Gasteiger partial charge in [-0.3, -0.25) is 14.9 Å². The maximum Gasteiger partial charge on any atom is 0.335 e. The molecule has 1 fully saturated rings. The van der Waals surface area contributed by atoms with E-state index in [0.29, 0.717) is 22.0 Å². The van der Waals surface area contributed by atoms with Crippen molar-refractivity contribution in [3.63, 3.8) is 0 Å². The summed E-state index contributed by atoms with van der Waals surface area (Å²) in [7, 11) is 0. The molecule has 4 aromatic carbocycles. The van der Waals surface area contributed by atoms with E-state index in [9.17, 15) is 14.4 Å². The number of aryl methyl sites for hydroxylation is 2. The van der Waals surface area contributed by atoms with Gasteiger partial charge < -0.3 is 4.74 Å². The Balaban J connectivity index is 1.58. The zero-order valence-corrected chi connectivity index (χ0v) is 21.0. The van der Waals surface area contributed by atoms with Gasteiger partial charge in [-0.1, -0.05) is 71.8 Å². The van der Waals surface area contributed by atoms with Crippen LogP contribution in [0, 0.1) is 13.8 Å². The summed E-state index contributed by atoms with van der Waals surface area (Å²) in [6.07, 6.45) is 1.50. The maximum absolute atomic E-state index is 13.6. The summed E-state index contributed by atoms with van der Waals surface area (Å²) in [6, 6.07) is 23.3. The second kappa shape index (κ2) is 9.91. The molecule has 1 saturated heterocycles. The van der Waals surface area contributed by atoms with Crippen LogP contribution in [0.1, 0.15) is 22.3 Å². The Morgan fingerprint density at radius 3 is 2.43 bits per heavy atom. The van der Waals surface area contributed by atoms with Crippen molar-refractivity contribution < 1.29 is 19.1 Å². The molecule has 1 aliphatic heterocycles. The van der Waals surface area contributed by atoms with Crippen molar-refractivity contribution in [1.82, 2.24) is 5.32 Å². The van der Waals surface area contributed by atoms with Crippen LogP contribution in [0.5, 0.6) is 5.75 Å². The number of amides is 4. The normalized spacial score (nSPS) is 14.8. The summed E-state index contributed by atoms with van der Waals surface area (Å²) in [5.41, 5.74) is 3.48. The zero-order chi connectivity index (χ0) is 26.1. The summed E-state index contributed by atoms with van der Waals surface area (Å²) in [5.74, 6) is -0.957. The molecule has 0 aromatic heterocycles. The molecular weight excluding hydrogens is 488 g/mol. The maximum atomic E-state index is 13.6. The average Bonchev–Trinajstić information content (AvgIpc) is 2.87. The Morgan fingerprint density at radius 2 is 1.68 bits per heavy atom. The van der Waals surface area contributed by atoms with Crippen LogP contribution in [0.2, 0.25) is 5.02 Å². The fraction of sp³-hybridized carbons (Fsp3) is 0.100. The topological polar surface area (TPSA) is 75.7 Å². The van der Waals surface area contributed by atoms with E-state index in [1.165, 1.54) is 6.08 Å². The first kappa shape index (κ1) is 24.3. The first-order valence-corrected chi connectivity index (χ1v) is 12.1. The lowest BCUT2D eigenvalue weighted by molar-refractivity contribution is -0.122. The highest BCUT2D eigenvalue weighted by Gasteiger charge is 2.37. The molecule has 0 aliphatic carbocycles. The minimum Gasteiger partial charge on any atom is -0.488 e. The summed E-state index contributed by atoms with van der Waals surface area (Å²) >= 11 is 5.99. The molecule has 5 rings (SSSR count). The van der Waals surface area contributed by atoms with Crippen LogP contribution >= 0.6 is 11.6 Å². The van der Waals surface area contributed by atoms with Gasteiger partial charge in [-0.05, 0) is 66.1 Å². The Kier molecular flexibility index (Phi) is 6.51. The molecule has 0 radical (unpaired) electrons. The number of halogens is 1. The van der Waals surface area contributed by atoms with Gasteiger partial charge in [0.1, 0.15) is 17.9 Å². The molecule has 184 valence electrons. The molecular formula is C30H23ClN2O4. The quantitative estimate of drug-likeness (QED) is 0.250. The molecule has 37 heavy (non-hydrogen) atoms. The van der Waals surface area contributed by atoms with Crippen molar-refractivity contribution in [3.8, 4) is 5.75 Å². The zero-order valence-electron chi connectivity index (χ0n) is 20.2. The van der Waals surface area contributed by atoms with Crippen molar-refractivity contribution in [2.24, 2.45) is 0 Å². The number of ether oxygens (including phenoxy) is 1. The third-order valence-electron chi connectivity index (χ3n) is 6.22.